The van der Waals surface area contributed by atoms with E-state index in [1.165, 1.54) is 12.1 Å². The molecule has 0 amide bonds. The maximum absolute atomic E-state index is 10.7. The van der Waals surface area contributed by atoms with Crippen molar-refractivity contribution in [3.8, 4) is 17.2 Å². The predicted octanol–water partition coefficient (Wildman–Crippen LogP) is 5.20. The summed E-state index contributed by atoms with van der Waals surface area (Å²) in [4.78, 5) is 10.2. The molecule has 0 aliphatic rings. The molecular formula is C16H11BrClN3O4. The predicted molar refractivity (Wildman–Crippen MR) is 94.6 cm³/mol. The molecule has 0 saturated carbocycles. The number of nitro benzene ring substituents is 1. The van der Waals surface area contributed by atoms with Gasteiger partial charge in [0.2, 0.25) is 5.89 Å². The van der Waals surface area contributed by atoms with Gasteiger partial charge in [0.1, 0.15) is 5.75 Å². The highest BCUT2D eigenvalue weighted by Crippen LogP contribution is 2.32. The quantitative estimate of drug-likeness (QED) is 0.413. The lowest BCUT2D eigenvalue weighted by atomic mass is 10.2. The SMILES string of the molecule is CC(Oc1ccc(Br)cc1Cl)c1nnc(-c2ccc([N+](=O)[O-])cc2)o1. The van der Waals surface area contributed by atoms with Crippen LogP contribution >= 0.6 is 27.5 Å². The molecule has 25 heavy (non-hydrogen) atoms. The summed E-state index contributed by atoms with van der Waals surface area (Å²) in [6.45, 7) is 1.76. The molecule has 7 nitrogen and oxygen atoms in total. The van der Waals surface area contributed by atoms with Crippen LogP contribution < -0.4 is 4.74 Å². The molecule has 128 valence electrons. The summed E-state index contributed by atoms with van der Waals surface area (Å²) in [5.74, 6) is 1.02. The third kappa shape index (κ3) is 3.97. The zero-order chi connectivity index (χ0) is 18.0. The van der Waals surface area contributed by atoms with Gasteiger partial charge in [-0.05, 0) is 37.3 Å². The Balaban J connectivity index is 1.77. The second-order valence-corrected chi connectivity index (χ2v) is 6.41. The van der Waals surface area contributed by atoms with Gasteiger partial charge in [-0.3, -0.25) is 10.1 Å². The van der Waals surface area contributed by atoms with Gasteiger partial charge in [0, 0.05) is 22.2 Å². The molecular weight excluding hydrogens is 414 g/mol. The van der Waals surface area contributed by atoms with E-state index in [4.69, 9.17) is 20.8 Å². The Labute approximate surface area is 155 Å². The average molecular weight is 425 g/mol. The molecule has 0 bridgehead atoms. The number of non-ortho nitro benzene ring substituents is 1. The van der Waals surface area contributed by atoms with Gasteiger partial charge in [0.25, 0.3) is 11.6 Å². The molecule has 2 aromatic carbocycles. The molecule has 0 aliphatic carbocycles. The van der Waals surface area contributed by atoms with Crippen molar-refractivity contribution < 1.29 is 14.1 Å². The lowest BCUT2D eigenvalue weighted by molar-refractivity contribution is -0.384. The van der Waals surface area contributed by atoms with Crippen LogP contribution in [0.1, 0.15) is 18.9 Å². The minimum Gasteiger partial charge on any atom is -0.479 e. The fourth-order valence-corrected chi connectivity index (χ4v) is 2.77. The van der Waals surface area contributed by atoms with Crippen molar-refractivity contribution in [1.29, 1.82) is 0 Å². The summed E-state index contributed by atoms with van der Waals surface area (Å²) in [5.41, 5.74) is 0.572. The number of halogens is 2. The molecule has 1 atom stereocenters. The van der Waals surface area contributed by atoms with Gasteiger partial charge >= 0.3 is 0 Å². The van der Waals surface area contributed by atoms with Crippen LogP contribution in [0.15, 0.2) is 51.4 Å². The first-order chi connectivity index (χ1) is 11.9. The number of ether oxygens (including phenoxy) is 1. The number of nitrogens with zero attached hydrogens (tertiary/aromatic N) is 3. The molecule has 1 unspecified atom stereocenters. The van der Waals surface area contributed by atoms with E-state index in [-0.39, 0.29) is 17.5 Å². The van der Waals surface area contributed by atoms with Crippen molar-refractivity contribution in [1.82, 2.24) is 10.2 Å². The van der Waals surface area contributed by atoms with Crippen molar-refractivity contribution in [2.45, 2.75) is 13.0 Å². The highest BCUT2D eigenvalue weighted by Gasteiger charge is 2.18. The summed E-state index contributed by atoms with van der Waals surface area (Å²) in [5, 5.41) is 19.1. The molecule has 0 saturated heterocycles. The lowest BCUT2D eigenvalue weighted by Gasteiger charge is -2.12. The topological polar surface area (TPSA) is 91.3 Å². The smallest absolute Gasteiger partial charge is 0.269 e. The second kappa shape index (κ2) is 7.20. The first kappa shape index (κ1) is 17.4. The minimum atomic E-state index is -0.516. The van der Waals surface area contributed by atoms with Gasteiger partial charge in [-0.2, -0.15) is 0 Å². The van der Waals surface area contributed by atoms with Gasteiger partial charge < -0.3 is 9.15 Å². The molecule has 3 rings (SSSR count). The van der Waals surface area contributed by atoms with Crippen LogP contribution in [0.4, 0.5) is 5.69 Å². The minimum absolute atomic E-state index is 0.00919. The van der Waals surface area contributed by atoms with E-state index in [0.717, 1.165) is 4.47 Å². The average Bonchev–Trinajstić information content (AvgIpc) is 3.07. The van der Waals surface area contributed by atoms with Crippen molar-refractivity contribution in [3.63, 3.8) is 0 Å². The maximum atomic E-state index is 10.7. The van der Waals surface area contributed by atoms with Gasteiger partial charge in [0.05, 0.1) is 9.95 Å². The number of aromatic nitrogens is 2. The third-order valence-corrected chi connectivity index (χ3v) is 4.10. The number of rotatable bonds is 5. The van der Waals surface area contributed by atoms with E-state index < -0.39 is 11.0 Å². The highest BCUT2D eigenvalue weighted by atomic mass is 79.9. The number of benzene rings is 2. The normalized spacial score (nSPS) is 12.0. The van der Waals surface area contributed by atoms with Crippen molar-refractivity contribution >= 4 is 33.2 Å². The molecule has 0 N–H and O–H groups in total. The van der Waals surface area contributed by atoms with E-state index >= 15 is 0 Å². The van der Waals surface area contributed by atoms with E-state index in [9.17, 15) is 10.1 Å². The van der Waals surface area contributed by atoms with E-state index in [2.05, 4.69) is 26.1 Å². The third-order valence-electron chi connectivity index (χ3n) is 3.31. The van der Waals surface area contributed by atoms with Crippen LogP contribution in [0.5, 0.6) is 5.75 Å². The Morgan fingerprint density at radius 2 is 1.96 bits per heavy atom. The first-order valence-corrected chi connectivity index (χ1v) is 8.31. The Kier molecular flexibility index (Phi) is 5.00. The molecule has 0 radical (unpaired) electrons. The van der Waals surface area contributed by atoms with Crippen LogP contribution in [0.3, 0.4) is 0 Å². The Morgan fingerprint density at radius 1 is 1.24 bits per heavy atom. The van der Waals surface area contributed by atoms with E-state index in [0.29, 0.717) is 16.3 Å². The van der Waals surface area contributed by atoms with Crippen molar-refractivity contribution in [2.75, 3.05) is 0 Å². The van der Waals surface area contributed by atoms with Crippen LogP contribution in [0.25, 0.3) is 11.5 Å². The van der Waals surface area contributed by atoms with Crippen molar-refractivity contribution in [3.05, 3.63) is 68.0 Å². The van der Waals surface area contributed by atoms with Crippen LogP contribution in [0.2, 0.25) is 5.02 Å². The maximum Gasteiger partial charge on any atom is 0.269 e. The summed E-state index contributed by atoms with van der Waals surface area (Å²) in [7, 11) is 0. The molecule has 1 heterocycles. The fraction of sp³-hybridized carbons (Fsp3) is 0.125. The lowest BCUT2D eigenvalue weighted by Crippen LogP contribution is -2.03. The standard InChI is InChI=1S/C16H11BrClN3O4/c1-9(24-14-7-4-11(17)8-13(14)18)15-19-20-16(25-15)10-2-5-12(6-3-10)21(22)23/h2-9H,1H3. The Morgan fingerprint density at radius 3 is 2.60 bits per heavy atom. The van der Waals surface area contributed by atoms with E-state index in [1.54, 1.807) is 31.2 Å². The molecule has 9 heteroatoms. The zero-order valence-electron chi connectivity index (χ0n) is 12.8. The van der Waals surface area contributed by atoms with Crippen LogP contribution in [-0.2, 0) is 0 Å². The largest absolute Gasteiger partial charge is 0.479 e. The van der Waals surface area contributed by atoms with Gasteiger partial charge in [0.15, 0.2) is 6.10 Å². The number of hydrogen-bond acceptors (Lipinski definition) is 6. The molecule has 0 aliphatic heterocycles. The zero-order valence-corrected chi connectivity index (χ0v) is 15.2. The molecule has 3 aromatic rings. The van der Waals surface area contributed by atoms with Crippen molar-refractivity contribution in [2.24, 2.45) is 0 Å². The fourth-order valence-electron chi connectivity index (χ4n) is 2.05. The highest BCUT2D eigenvalue weighted by molar-refractivity contribution is 9.10. The molecule has 1 aromatic heterocycles. The molecule has 0 fully saturated rings. The summed E-state index contributed by atoms with van der Waals surface area (Å²) >= 11 is 9.45. The summed E-state index contributed by atoms with van der Waals surface area (Å²) in [6.07, 6.45) is -0.516. The van der Waals surface area contributed by atoms with Gasteiger partial charge in [-0.25, -0.2) is 0 Å². The number of nitro groups is 1. The van der Waals surface area contributed by atoms with Gasteiger partial charge in [-0.1, -0.05) is 27.5 Å². The Bertz CT molecular complexity index is 914. The van der Waals surface area contributed by atoms with E-state index in [1.807, 2.05) is 6.07 Å². The summed E-state index contributed by atoms with van der Waals surface area (Å²) < 4.78 is 12.2. The monoisotopic (exact) mass is 423 g/mol. The summed E-state index contributed by atoms with van der Waals surface area (Å²) in [6, 6.07) is 11.1. The second-order valence-electron chi connectivity index (χ2n) is 5.08. The first-order valence-electron chi connectivity index (χ1n) is 7.14. The van der Waals surface area contributed by atoms with Crippen LogP contribution in [0, 0.1) is 10.1 Å². The Hall–Kier alpha value is -2.45. The molecule has 0 spiro atoms. The van der Waals surface area contributed by atoms with Crippen LogP contribution in [-0.4, -0.2) is 15.1 Å². The number of hydrogen-bond donors (Lipinski definition) is 0. The van der Waals surface area contributed by atoms with Gasteiger partial charge in [-0.15, -0.1) is 10.2 Å².